The second-order valence-corrected chi connectivity index (χ2v) is 23.1. The molecule has 0 amide bonds. The highest BCUT2D eigenvalue weighted by atomic mass is 32.2. The minimum absolute atomic E-state index is 0.0759. The normalized spacial score (nSPS) is 31.1. The number of methoxy groups -OCH3 is 1. The zero-order valence-electron chi connectivity index (χ0n) is 31.9. The van der Waals surface area contributed by atoms with Crippen molar-refractivity contribution in [3.05, 3.63) is 59.7 Å². The summed E-state index contributed by atoms with van der Waals surface area (Å²) in [5.74, 6) is 4.20. The maximum absolute atomic E-state index is 13.7. The quantitative estimate of drug-likeness (QED) is 0.294. The predicted molar refractivity (Wildman–Crippen MR) is 201 cm³/mol. The van der Waals surface area contributed by atoms with Gasteiger partial charge in [0.05, 0.1) is 25.8 Å². The van der Waals surface area contributed by atoms with Crippen molar-refractivity contribution >= 4 is 25.6 Å². The molecule has 5 atom stereocenters. The van der Waals surface area contributed by atoms with Crippen molar-refractivity contribution in [2.24, 2.45) is 21.7 Å². The Hall–Kier alpha value is -1.75. The molecule has 0 radical (unpaired) electrons. The molecular weight excluding hydrogens is 653 g/mol. The van der Waals surface area contributed by atoms with E-state index in [-0.39, 0.29) is 27.9 Å². The van der Waals surface area contributed by atoms with E-state index in [1.54, 1.807) is 49.5 Å². The van der Waals surface area contributed by atoms with Gasteiger partial charge in [-0.15, -0.1) is 0 Å². The topological polar surface area (TPSA) is 87.2 Å². The first-order chi connectivity index (χ1) is 22.2. The molecule has 2 heterocycles. The molecule has 2 aromatic carbocycles. The zero-order valence-corrected chi connectivity index (χ0v) is 33.6. The highest BCUT2D eigenvalue weighted by Crippen LogP contribution is 2.55. The van der Waals surface area contributed by atoms with Gasteiger partial charge in [-0.2, -0.15) is 4.31 Å². The van der Waals surface area contributed by atoms with E-state index in [1.165, 1.54) is 6.42 Å². The van der Waals surface area contributed by atoms with Crippen LogP contribution in [0.15, 0.2) is 58.3 Å². The van der Waals surface area contributed by atoms with Crippen LogP contribution in [-0.2, 0) is 35.7 Å². The van der Waals surface area contributed by atoms with E-state index in [9.17, 15) is 17.7 Å². The van der Waals surface area contributed by atoms with Gasteiger partial charge in [-0.1, -0.05) is 65.8 Å². The lowest BCUT2D eigenvalue weighted by Crippen LogP contribution is -2.37. The van der Waals surface area contributed by atoms with Gasteiger partial charge in [-0.25, -0.2) is 16.9 Å². The van der Waals surface area contributed by atoms with Crippen molar-refractivity contribution in [2.45, 2.75) is 141 Å². The fraction of sp³-hybridized carbons (Fsp3) is 0.675. The van der Waals surface area contributed by atoms with Crippen LogP contribution < -0.4 is 0 Å². The molecule has 2 saturated heterocycles. The van der Waals surface area contributed by atoms with E-state index in [0.29, 0.717) is 22.9 Å². The third-order valence-electron chi connectivity index (χ3n) is 11.7. The monoisotopic (exact) mass is 714 g/mol. The molecule has 274 valence electrons. The number of hydrogen-bond acceptors (Lipinski definition) is 5. The van der Waals surface area contributed by atoms with Crippen molar-refractivity contribution in [1.29, 1.82) is 0 Å². The third-order valence-corrected chi connectivity index (χ3v) is 15.8. The molecule has 2 aromatic rings. The number of aliphatic hydroxyl groups is 1. The predicted octanol–water partition coefficient (Wildman–Crippen LogP) is 7.96. The van der Waals surface area contributed by atoms with Crippen molar-refractivity contribution < 1.29 is 22.5 Å². The van der Waals surface area contributed by atoms with Crippen molar-refractivity contribution in [3.8, 4) is 0 Å². The van der Waals surface area contributed by atoms with Crippen LogP contribution in [0, 0.1) is 21.7 Å². The van der Waals surface area contributed by atoms with Crippen LogP contribution in [0.25, 0.3) is 0 Å². The molecule has 0 aromatic heterocycles. The van der Waals surface area contributed by atoms with Crippen LogP contribution in [-0.4, -0.2) is 64.5 Å². The number of nitrogens with zero attached hydrogens (tertiary/aromatic N) is 2. The van der Waals surface area contributed by atoms with Crippen LogP contribution in [0.2, 0.25) is 0 Å². The van der Waals surface area contributed by atoms with Crippen LogP contribution in [0.5, 0.6) is 0 Å². The first-order valence-electron chi connectivity index (χ1n) is 17.9. The Balaban J connectivity index is 0.000000191. The maximum atomic E-state index is 13.7. The van der Waals surface area contributed by atoms with E-state index < -0.39 is 25.3 Å². The molecule has 7 nitrogen and oxygen atoms in total. The average molecular weight is 715 g/mol. The van der Waals surface area contributed by atoms with Gasteiger partial charge < -0.3 is 9.84 Å². The molecule has 4 aliphatic rings. The van der Waals surface area contributed by atoms with Crippen LogP contribution >= 0.6 is 0 Å². The zero-order chi connectivity index (χ0) is 36.6. The molecule has 49 heavy (non-hydrogen) atoms. The molecule has 4 fully saturated rings. The SMILES string of the molecule is C=S(=O)(c1ccc(C(C)(C)OC)cc1)N1CC2(C)CC1CC(C)(C)C2.CC1(C)CC2CC(C)(CN2S(=O)(=O)c2ccc(C(C)(C)O)cc2)C1. The van der Waals surface area contributed by atoms with E-state index in [4.69, 9.17) is 4.74 Å². The Morgan fingerprint density at radius 3 is 1.55 bits per heavy atom. The van der Waals surface area contributed by atoms with Gasteiger partial charge in [0.25, 0.3) is 0 Å². The lowest BCUT2D eigenvalue weighted by Gasteiger charge is -2.39. The minimum Gasteiger partial charge on any atom is -0.386 e. The van der Waals surface area contributed by atoms with Gasteiger partial charge in [-0.05, 0) is 129 Å². The fourth-order valence-electron chi connectivity index (χ4n) is 9.93. The summed E-state index contributed by atoms with van der Waals surface area (Å²) in [7, 11) is -4.24. The average Bonchev–Trinajstić information content (AvgIpc) is 3.39. The summed E-state index contributed by atoms with van der Waals surface area (Å²) in [6, 6.07) is 15.1. The Morgan fingerprint density at radius 1 is 0.694 bits per heavy atom. The highest BCUT2D eigenvalue weighted by molar-refractivity contribution is 7.98. The largest absolute Gasteiger partial charge is 0.386 e. The van der Waals surface area contributed by atoms with Gasteiger partial charge in [0, 0.05) is 37.2 Å². The molecule has 9 heteroatoms. The summed E-state index contributed by atoms with van der Waals surface area (Å²) >= 11 is 0. The standard InChI is InChI=1S/C21H33NO2S.C19H29NO3S/c1-19(2)12-17-13-21(5,14-19)15-22(17)25(7,23)18-10-8-16(9-11-18)20(3,4)24-6;1-17(2)10-15-11-19(5,12-17)13-20(15)24(22,23)16-8-6-14(7-9-16)18(3,4)21/h8-11,17H,7,12-15H2,1-6H3;6-9,15,21H,10-13H2,1-5H3. The molecule has 1 N–H and O–H groups in total. The third kappa shape index (κ3) is 7.87. The maximum Gasteiger partial charge on any atom is 0.243 e. The molecule has 2 saturated carbocycles. The summed E-state index contributed by atoms with van der Waals surface area (Å²) in [5.41, 5.74) is 1.32. The second kappa shape index (κ2) is 12.4. The van der Waals surface area contributed by atoms with E-state index in [1.807, 2.05) is 38.1 Å². The van der Waals surface area contributed by atoms with Crippen LogP contribution in [0.1, 0.15) is 119 Å². The van der Waals surface area contributed by atoms with Gasteiger partial charge >= 0.3 is 0 Å². The van der Waals surface area contributed by atoms with E-state index in [2.05, 4.69) is 51.7 Å². The van der Waals surface area contributed by atoms with Gasteiger partial charge in [0.1, 0.15) is 0 Å². The Morgan fingerprint density at radius 2 is 1.10 bits per heavy atom. The Kier molecular flexibility index (Phi) is 9.77. The highest BCUT2D eigenvalue weighted by Gasteiger charge is 2.54. The molecular formula is C40H62N2O5S2. The summed E-state index contributed by atoms with van der Waals surface area (Å²) < 4.78 is 49.5. The molecule has 6 rings (SSSR count). The fourth-order valence-corrected chi connectivity index (χ4v) is 13.7. The smallest absolute Gasteiger partial charge is 0.243 e. The number of sulfonamides is 1. The lowest BCUT2D eigenvalue weighted by molar-refractivity contribution is 0.0192. The minimum atomic E-state index is -3.49. The van der Waals surface area contributed by atoms with Gasteiger partial charge in [-0.3, -0.25) is 0 Å². The van der Waals surface area contributed by atoms with Gasteiger partial charge in [0.2, 0.25) is 10.0 Å². The van der Waals surface area contributed by atoms with Crippen molar-refractivity contribution in [1.82, 2.24) is 8.61 Å². The first-order valence-corrected chi connectivity index (χ1v) is 21.0. The Labute approximate surface area is 298 Å². The molecule has 4 bridgehead atoms. The summed E-state index contributed by atoms with van der Waals surface area (Å²) in [6.45, 7) is 22.7. The number of rotatable bonds is 7. The van der Waals surface area contributed by atoms with Gasteiger partial charge in [0.15, 0.2) is 0 Å². The van der Waals surface area contributed by atoms with Crippen LogP contribution in [0.4, 0.5) is 0 Å². The number of benzene rings is 2. The molecule has 5 unspecified atom stereocenters. The lowest BCUT2D eigenvalue weighted by atomic mass is 9.65. The van der Waals surface area contributed by atoms with E-state index >= 15 is 0 Å². The van der Waals surface area contributed by atoms with E-state index in [0.717, 1.165) is 54.7 Å². The first kappa shape index (κ1) is 38.5. The Bertz CT molecular complexity index is 1740. The summed E-state index contributed by atoms with van der Waals surface area (Å²) in [6.07, 6.45) is 6.38. The molecule has 2 aliphatic heterocycles. The molecule has 2 aliphatic carbocycles. The summed E-state index contributed by atoms with van der Waals surface area (Å²) in [5, 5.41) is 10.0. The number of fused-ring (bicyclic) bond motifs is 4. The van der Waals surface area contributed by atoms with Crippen LogP contribution in [0.3, 0.4) is 0 Å². The number of hydrogen-bond donors (Lipinski definition) is 1. The number of ether oxygens (including phenoxy) is 1. The second-order valence-electron chi connectivity index (χ2n) is 19.0. The molecule has 0 spiro atoms. The summed E-state index contributed by atoms with van der Waals surface area (Å²) in [4.78, 5) is 1.15. The van der Waals surface area contributed by atoms with Crippen molar-refractivity contribution in [3.63, 3.8) is 0 Å². The van der Waals surface area contributed by atoms with Crippen molar-refractivity contribution in [2.75, 3.05) is 20.2 Å².